The Hall–Kier alpha value is -3.44. The van der Waals surface area contributed by atoms with Gasteiger partial charge in [-0.3, -0.25) is 4.79 Å². The number of carboxylic acid groups (broad SMARTS) is 1. The topological polar surface area (TPSA) is 66.8 Å². The van der Waals surface area contributed by atoms with Crippen LogP contribution in [0.2, 0.25) is 0 Å². The van der Waals surface area contributed by atoms with Gasteiger partial charge >= 0.3 is 5.97 Å². The maximum Gasteiger partial charge on any atom is 0.326 e. The molecule has 3 aromatic carbocycles. The second kappa shape index (κ2) is 10.9. The highest BCUT2D eigenvalue weighted by atomic mass is 16.5. The van der Waals surface area contributed by atoms with E-state index >= 15 is 0 Å². The molecule has 1 aliphatic rings. The number of nitrogens with zero attached hydrogens (tertiary/aromatic N) is 1. The molecular formula is C28H29NO4. The zero-order valence-electron chi connectivity index (χ0n) is 18.5. The Morgan fingerprint density at radius 2 is 1.42 bits per heavy atom. The van der Waals surface area contributed by atoms with Crippen molar-refractivity contribution in [3.8, 4) is 0 Å². The van der Waals surface area contributed by atoms with Crippen molar-refractivity contribution in [3.63, 3.8) is 0 Å². The third kappa shape index (κ3) is 5.68. The van der Waals surface area contributed by atoms with E-state index < -0.39 is 17.9 Å². The van der Waals surface area contributed by atoms with Crippen LogP contribution in [-0.4, -0.2) is 47.2 Å². The van der Waals surface area contributed by atoms with Crippen molar-refractivity contribution in [2.45, 2.75) is 37.3 Å². The zero-order valence-corrected chi connectivity index (χ0v) is 18.5. The molecule has 1 heterocycles. The van der Waals surface area contributed by atoms with E-state index in [1.165, 1.54) is 10.5 Å². The molecule has 5 heteroatoms. The fraction of sp³-hybridized carbons (Fsp3) is 0.286. The number of carbonyl (C=O) groups excluding carboxylic acids is 1. The van der Waals surface area contributed by atoms with E-state index in [9.17, 15) is 14.7 Å². The SMILES string of the molecule is O=C(O)[C@@H]1C[C@@H](OCCCc2ccccc2)CN1C(=O)C(c1ccccc1)c1ccccc1. The molecule has 1 saturated heterocycles. The summed E-state index contributed by atoms with van der Waals surface area (Å²) in [4.78, 5) is 27.2. The molecule has 0 bridgehead atoms. The molecule has 2 atom stereocenters. The van der Waals surface area contributed by atoms with Crippen molar-refractivity contribution in [2.75, 3.05) is 13.2 Å². The number of hydrogen-bond acceptors (Lipinski definition) is 3. The average Bonchev–Trinajstić information content (AvgIpc) is 3.29. The number of hydrogen-bond donors (Lipinski definition) is 1. The van der Waals surface area contributed by atoms with Crippen LogP contribution in [-0.2, 0) is 20.7 Å². The van der Waals surface area contributed by atoms with Crippen LogP contribution in [0.25, 0.3) is 0 Å². The molecule has 4 rings (SSSR count). The van der Waals surface area contributed by atoms with Crippen molar-refractivity contribution in [3.05, 3.63) is 108 Å². The minimum atomic E-state index is -0.987. The number of aryl methyl sites for hydroxylation is 1. The Bertz CT molecular complexity index is 1000. The number of amides is 1. The number of aliphatic carboxylic acids is 1. The lowest BCUT2D eigenvalue weighted by molar-refractivity contribution is -0.148. The van der Waals surface area contributed by atoms with Crippen molar-refractivity contribution in [2.24, 2.45) is 0 Å². The Balaban J connectivity index is 1.46. The molecule has 3 aromatic rings. The predicted octanol–water partition coefficient (Wildman–Crippen LogP) is 4.52. The predicted molar refractivity (Wildman–Crippen MR) is 127 cm³/mol. The first-order chi connectivity index (χ1) is 16.1. The Kier molecular flexibility index (Phi) is 7.53. The van der Waals surface area contributed by atoms with Gasteiger partial charge in [-0.05, 0) is 29.5 Å². The summed E-state index contributed by atoms with van der Waals surface area (Å²) < 4.78 is 6.02. The summed E-state index contributed by atoms with van der Waals surface area (Å²) >= 11 is 0. The zero-order chi connectivity index (χ0) is 23.0. The Labute approximate surface area is 194 Å². The first-order valence-electron chi connectivity index (χ1n) is 11.4. The lowest BCUT2D eigenvalue weighted by Gasteiger charge is -2.27. The molecule has 0 aliphatic carbocycles. The van der Waals surface area contributed by atoms with E-state index in [4.69, 9.17) is 4.74 Å². The van der Waals surface area contributed by atoms with Gasteiger partial charge in [0.1, 0.15) is 6.04 Å². The van der Waals surface area contributed by atoms with Gasteiger partial charge in [-0.1, -0.05) is 91.0 Å². The summed E-state index contributed by atoms with van der Waals surface area (Å²) in [7, 11) is 0. The number of rotatable bonds is 9. The average molecular weight is 444 g/mol. The van der Waals surface area contributed by atoms with E-state index in [0.717, 1.165) is 24.0 Å². The van der Waals surface area contributed by atoms with Gasteiger partial charge < -0.3 is 14.7 Å². The summed E-state index contributed by atoms with van der Waals surface area (Å²) in [5, 5.41) is 9.84. The molecule has 1 amide bonds. The minimum Gasteiger partial charge on any atom is -0.480 e. The standard InChI is InChI=1S/C28H29NO4/c30-27(26(22-14-6-2-7-15-22)23-16-8-3-9-17-23)29-20-24(19-25(29)28(31)32)33-18-10-13-21-11-4-1-5-12-21/h1-9,11-12,14-17,24-26H,10,13,18-20H2,(H,31,32)/t24-,25+/m1/s1. The third-order valence-corrected chi connectivity index (χ3v) is 6.15. The van der Waals surface area contributed by atoms with Crippen molar-refractivity contribution >= 4 is 11.9 Å². The molecule has 0 spiro atoms. The Morgan fingerprint density at radius 1 is 0.879 bits per heavy atom. The van der Waals surface area contributed by atoms with Gasteiger partial charge in [0.2, 0.25) is 5.91 Å². The normalized spacial score (nSPS) is 17.9. The summed E-state index contributed by atoms with van der Waals surface area (Å²) in [5.41, 5.74) is 2.96. The molecule has 5 nitrogen and oxygen atoms in total. The van der Waals surface area contributed by atoms with E-state index in [1.807, 2.05) is 78.9 Å². The number of carbonyl (C=O) groups is 2. The summed E-state index contributed by atoms with van der Waals surface area (Å²) in [6.45, 7) is 0.825. The van der Waals surface area contributed by atoms with Gasteiger partial charge in [-0.15, -0.1) is 0 Å². The van der Waals surface area contributed by atoms with Crippen LogP contribution in [0.15, 0.2) is 91.0 Å². The van der Waals surface area contributed by atoms with E-state index in [-0.39, 0.29) is 18.6 Å². The second-order valence-electron chi connectivity index (χ2n) is 8.42. The maximum absolute atomic E-state index is 13.7. The number of benzene rings is 3. The van der Waals surface area contributed by atoms with Crippen LogP contribution < -0.4 is 0 Å². The molecule has 0 saturated carbocycles. The van der Waals surface area contributed by atoms with Gasteiger partial charge in [-0.2, -0.15) is 0 Å². The third-order valence-electron chi connectivity index (χ3n) is 6.15. The highest BCUT2D eigenvalue weighted by Crippen LogP contribution is 2.31. The lowest BCUT2D eigenvalue weighted by Crippen LogP contribution is -2.43. The molecular weight excluding hydrogens is 414 g/mol. The molecule has 170 valence electrons. The Morgan fingerprint density at radius 3 is 1.97 bits per heavy atom. The van der Waals surface area contributed by atoms with Gasteiger partial charge in [0.05, 0.1) is 12.0 Å². The van der Waals surface area contributed by atoms with Crippen molar-refractivity contribution < 1.29 is 19.4 Å². The first kappa shape index (κ1) is 22.7. The maximum atomic E-state index is 13.7. The molecule has 0 unspecified atom stereocenters. The van der Waals surface area contributed by atoms with Crippen LogP contribution in [0, 0.1) is 0 Å². The van der Waals surface area contributed by atoms with Gasteiger partial charge in [0, 0.05) is 19.6 Å². The smallest absolute Gasteiger partial charge is 0.326 e. The summed E-state index contributed by atoms with van der Waals surface area (Å²) in [6, 6.07) is 28.4. The van der Waals surface area contributed by atoms with Crippen LogP contribution in [0.1, 0.15) is 35.4 Å². The van der Waals surface area contributed by atoms with Gasteiger partial charge in [0.15, 0.2) is 0 Å². The van der Waals surface area contributed by atoms with E-state index in [0.29, 0.717) is 13.0 Å². The molecule has 33 heavy (non-hydrogen) atoms. The molecule has 1 N–H and O–H groups in total. The van der Waals surface area contributed by atoms with Crippen LogP contribution in [0.3, 0.4) is 0 Å². The van der Waals surface area contributed by atoms with Gasteiger partial charge in [0.25, 0.3) is 0 Å². The molecule has 0 aromatic heterocycles. The highest BCUT2D eigenvalue weighted by molar-refractivity contribution is 5.91. The molecule has 0 radical (unpaired) electrons. The fourth-order valence-corrected chi connectivity index (χ4v) is 4.50. The van der Waals surface area contributed by atoms with Crippen LogP contribution >= 0.6 is 0 Å². The summed E-state index contributed by atoms with van der Waals surface area (Å²) in [6.07, 6.45) is 1.78. The number of likely N-dealkylation sites (tertiary alicyclic amines) is 1. The van der Waals surface area contributed by atoms with Crippen molar-refractivity contribution in [1.82, 2.24) is 4.90 Å². The first-order valence-corrected chi connectivity index (χ1v) is 11.4. The molecule has 1 aliphatic heterocycles. The minimum absolute atomic E-state index is 0.199. The highest BCUT2D eigenvalue weighted by Gasteiger charge is 2.42. The van der Waals surface area contributed by atoms with E-state index in [2.05, 4.69) is 12.1 Å². The van der Waals surface area contributed by atoms with Crippen molar-refractivity contribution in [1.29, 1.82) is 0 Å². The van der Waals surface area contributed by atoms with E-state index in [1.54, 1.807) is 0 Å². The molecule has 1 fully saturated rings. The van der Waals surface area contributed by atoms with Gasteiger partial charge in [-0.25, -0.2) is 4.79 Å². The quantitative estimate of drug-likeness (QED) is 0.494. The fourth-order valence-electron chi connectivity index (χ4n) is 4.50. The lowest BCUT2D eigenvalue weighted by atomic mass is 9.90. The van der Waals surface area contributed by atoms with Crippen LogP contribution in [0.5, 0.6) is 0 Å². The summed E-state index contributed by atoms with van der Waals surface area (Å²) in [5.74, 6) is -1.74. The van der Waals surface area contributed by atoms with Crippen LogP contribution in [0.4, 0.5) is 0 Å². The second-order valence-corrected chi connectivity index (χ2v) is 8.42. The largest absolute Gasteiger partial charge is 0.480 e. The number of ether oxygens (including phenoxy) is 1. The number of carboxylic acids is 1. The monoisotopic (exact) mass is 443 g/mol.